The van der Waals surface area contributed by atoms with Gasteiger partial charge < -0.3 is 16.0 Å². The standard InChI is InChI=1S/C20H22N8O2S2/c1-26-9-11-27(12-10-26)32(29,30)15-6-4-5-14(13-15)22-19-24-18(21)28(25-19)20-23-16-7-2-3-8-17(16)31-20/h2-8,13H,9-12H2,1H3,(H3,21,22,24,25)/p+1. The van der Waals surface area contributed by atoms with E-state index in [1.165, 1.54) is 15.6 Å². The molecule has 0 unspecified atom stereocenters. The number of H-pyrrole nitrogens is 1. The van der Waals surface area contributed by atoms with Crippen molar-refractivity contribution in [1.82, 2.24) is 24.3 Å². The van der Waals surface area contributed by atoms with Crippen LogP contribution in [0.4, 0.5) is 17.6 Å². The van der Waals surface area contributed by atoms with E-state index in [9.17, 15) is 8.42 Å². The van der Waals surface area contributed by atoms with E-state index in [-0.39, 0.29) is 10.8 Å². The van der Waals surface area contributed by atoms with E-state index in [0.717, 1.165) is 10.2 Å². The third kappa shape index (κ3) is 3.93. The summed E-state index contributed by atoms with van der Waals surface area (Å²) in [6, 6.07) is 14.5. The third-order valence-corrected chi connectivity index (χ3v) is 8.26. The molecule has 10 nitrogen and oxygen atoms in total. The minimum atomic E-state index is -3.56. The molecule has 1 fully saturated rings. The largest absolute Gasteiger partial charge is 0.371 e. The number of para-hydroxylation sites is 1. The number of aromatic nitrogens is 4. The Kier molecular flexibility index (Phi) is 5.29. The predicted molar refractivity (Wildman–Crippen MR) is 124 cm³/mol. The SMILES string of the molecule is CN1CCN(S(=O)(=O)c2cccc(Nc3nc(N)[n+](-c4nc5ccccc5s4)[nH]3)c2)CC1. The minimum absolute atomic E-state index is 0.241. The lowest BCUT2D eigenvalue weighted by molar-refractivity contribution is -0.640. The molecule has 2 aromatic carbocycles. The van der Waals surface area contributed by atoms with Gasteiger partial charge in [-0.1, -0.05) is 34.5 Å². The van der Waals surface area contributed by atoms with Gasteiger partial charge in [0.2, 0.25) is 10.0 Å². The summed E-state index contributed by atoms with van der Waals surface area (Å²) >= 11 is 1.49. The Morgan fingerprint density at radius 3 is 2.66 bits per heavy atom. The minimum Gasteiger partial charge on any atom is -0.313 e. The molecule has 0 saturated carbocycles. The topological polar surface area (TPSA) is 124 Å². The van der Waals surface area contributed by atoms with Crippen LogP contribution in [0, 0.1) is 0 Å². The third-order valence-electron chi connectivity index (χ3n) is 5.34. The highest BCUT2D eigenvalue weighted by Gasteiger charge is 2.28. The molecule has 0 amide bonds. The number of thiazole rings is 1. The Labute approximate surface area is 189 Å². The van der Waals surface area contributed by atoms with Gasteiger partial charge in [0.15, 0.2) is 0 Å². The van der Waals surface area contributed by atoms with Crippen molar-refractivity contribution >= 4 is 49.2 Å². The van der Waals surface area contributed by atoms with Gasteiger partial charge in [-0.05, 0) is 37.4 Å². The van der Waals surface area contributed by atoms with Gasteiger partial charge in [0.25, 0.3) is 5.95 Å². The summed E-state index contributed by atoms with van der Waals surface area (Å²) in [6.07, 6.45) is 0. The van der Waals surface area contributed by atoms with Gasteiger partial charge in [-0.15, -0.1) is 9.67 Å². The van der Waals surface area contributed by atoms with Crippen LogP contribution in [-0.4, -0.2) is 65.9 Å². The van der Waals surface area contributed by atoms with Gasteiger partial charge in [0.05, 0.1) is 9.60 Å². The van der Waals surface area contributed by atoms with Crippen LogP contribution in [0.3, 0.4) is 0 Å². The van der Waals surface area contributed by atoms with Crippen molar-refractivity contribution in [3.63, 3.8) is 0 Å². The highest BCUT2D eigenvalue weighted by Crippen LogP contribution is 2.24. The number of likely N-dealkylation sites (N-methyl/N-ethyl adjacent to an activating group) is 1. The van der Waals surface area contributed by atoms with Crippen molar-refractivity contribution < 1.29 is 13.1 Å². The second-order valence-electron chi connectivity index (χ2n) is 7.59. The molecule has 166 valence electrons. The number of fused-ring (bicyclic) bond motifs is 1. The molecule has 1 saturated heterocycles. The number of sulfonamides is 1. The number of anilines is 3. The number of rotatable bonds is 5. The van der Waals surface area contributed by atoms with E-state index in [1.807, 2.05) is 31.3 Å². The van der Waals surface area contributed by atoms with Crippen LogP contribution < -0.4 is 15.7 Å². The van der Waals surface area contributed by atoms with Gasteiger partial charge >= 0.3 is 11.1 Å². The number of piperazine rings is 1. The number of nitrogens with one attached hydrogen (secondary N) is 2. The van der Waals surface area contributed by atoms with Crippen molar-refractivity contribution in [2.75, 3.05) is 44.3 Å². The van der Waals surface area contributed by atoms with Crippen molar-refractivity contribution in [2.24, 2.45) is 0 Å². The van der Waals surface area contributed by atoms with Crippen LogP contribution in [0.5, 0.6) is 0 Å². The maximum absolute atomic E-state index is 13.1. The molecule has 0 bridgehead atoms. The summed E-state index contributed by atoms with van der Waals surface area (Å²) in [5.41, 5.74) is 7.57. The second-order valence-corrected chi connectivity index (χ2v) is 10.5. The number of nitrogens with zero attached hydrogens (tertiary/aromatic N) is 5. The lowest BCUT2D eigenvalue weighted by atomic mass is 10.3. The van der Waals surface area contributed by atoms with Crippen LogP contribution in [0.15, 0.2) is 53.4 Å². The lowest BCUT2D eigenvalue weighted by Gasteiger charge is -2.31. The molecule has 1 aliphatic rings. The molecule has 0 spiro atoms. The first kappa shape index (κ1) is 20.8. The zero-order valence-electron chi connectivity index (χ0n) is 17.4. The van der Waals surface area contributed by atoms with E-state index in [1.54, 1.807) is 28.9 Å². The average molecular weight is 472 g/mol. The van der Waals surface area contributed by atoms with E-state index in [2.05, 4.69) is 25.3 Å². The number of hydrogen-bond acceptors (Lipinski definition) is 8. The summed E-state index contributed by atoms with van der Waals surface area (Å²) in [7, 11) is -1.57. The fourth-order valence-electron chi connectivity index (χ4n) is 3.56. The summed E-state index contributed by atoms with van der Waals surface area (Å²) < 4.78 is 30.3. The zero-order chi connectivity index (χ0) is 22.3. The molecule has 0 radical (unpaired) electrons. The summed E-state index contributed by atoms with van der Waals surface area (Å²) in [5, 5.41) is 6.86. The molecule has 4 aromatic rings. The average Bonchev–Trinajstić information content (AvgIpc) is 3.37. The number of benzene rings is 2. The van der Waals surface area contributed by atoms with Gasteiger partial charge in [-0.2, -0.15) is 4.31 Å². The van der Waals surface area contributed by atoms with Crippen LogP contribution in [0.1, 0.15) is 0 Å². The fraction of sp³-hybridized carbons (Fsp3) is 0.250. The van der Waals surface area contributed by atoms with E-state index >= 15 is 0 Å². The van der Waals surface area contributed by atoms with Crippen molar-refractivity contribution in [2.45, 2.75) is 4.90 Å². The van der Waals surface area contributed by atoms with E-state index < -0.39 is 10.0 Å². The van der Waals surface area contributed by atoms with Crippen LogP contribution in [0.2, 0.25) is 0 Å². The van der Waals surface area contributed by atoms with Gasteiger partial charge in [0, 0.05) is 31.9 Å². The Morgan fingerprint density at radius 1 is 1.09 bits per heavy atom. The molecule has 5 rings (SSSR count). The first-order valence-corrected chi connectivity index (χ1v) is 12.3. The molecule has 0 atom stereocenters. The highest BCUT2D eigenvalue weighted by molar-refractivity contribution is 7.89. The molecular formula is C20H23N8O2S2+. The zero-order valence-corrected chi connectivity index (χ0v) is 19.0. The number of hydrogen-bond donors (Lipinski definition) is 3. The normalized spacial score (nSPS) is 15.9. The van der Waals surface area contributed by atoms with Crippen LogP contribution in [0.25, 0.3) is 15.3 Å². The van der Waals surface area contributed by atoms with Crippen molar-refractivity contribution in [1.29, 1.82) is 0 Å². The monoisotopic (exact) mass is 471 g/mol. The first-order valence-electron chi connectivity index (χ1n) is 10.1. The quantitative estimate of drug-likeness (QED) is 0.377. The molecule has 0 aliphatic carbocycles. The fourth-order valence-corrected chi connectivity index (χ4v) is 5.96. The molecule has 2 aromatic heterocycles. The Balaban J connectivity index is 1.39. The lowest BCUT2D eigenvalue weighted by Crippen LogP contribution is -2.47. The summed E-state index contributed by atoms with van der Waals surface area (Å²) in [6.45, 7) is 2.39. The predicted octanol–water partition coefficient (Wildman–Crippen LogP) is 1.56. The molecule has 3 heterocycles. The van der Waals surface area contributed by atoms with Gasteiger partial charge in [0.1, 0.15) is 5.52 Å². The highest BCUT2D eigenvalue weighted by atomic mass is 32.2. The molecule has 32 heavy (non-hydrogen) atoms. The summed E-state index contributed by atoms with van der Waals surface area (Å²) in [4.78, 5) is 11.3. The molecule has 1 aliphatic heterocycles. The maximum Gasteiger partial charge on any atom is 0.371 e. The maximum atomic E-state index is 13.1. The smallest absolute Gasteiger partial charge is 0.313 e. The number of nitrogen functional groups attached to an aromatic ring is 1. The Morgan fingerprint density at radius 2 is 1.88 bits per heavy atom. The van der Waals surface area contributed by atoms with Crippen molar-refractivity contribution in [3.05, 3.63) is 48.5 Å². The van der Waals surface area contributed by atoms with Crippen LogP contribution in [-0.2, 0) is 10.0 Å². The molecular weight excluding hydrogens is 448 g/mol. The second kappa shape index (κ2) is 8.13. The van der Waals surface area contributed by atoms with E-state index in [4.69, 9.17) is 5.73 Å². The molecule has 4 N–H and O–H groups in total. The number of nitrogens with two attached hydrogens (primary N) is 1. The van der Waals surface area contributed by atoms with Gasteiger partial charge in [-0.25, -0.2) is 13.5 Å². The van der Waals surface area contributed by atoms with Crippen molar-refractivity contribution in [3.8, 4) is 5.13 Å². The Hall–Kier alpha value is -3.06. The molecule has 12 heteroatoms. The van der Waals surface area contributed by atoms with Gasteiger partial charge in [-0.3, -0.25) is 0 Å². The Bertz CT molecular complexity index is 1340. The first-order chi connectivity index (χ1) is 15.4. The summed E-state index contributed by atoms with van der Waals surface area (Å²) in [5.74, 6) is 0.628. The van der Waals surface area contributed by atoms with E-state index in [0.29, 0.717) is 42.9 Å². The van der Waals surface area contributed by atoms with Crippen LogP contribution >= 0.6 is 11.3 Å². The number of aromatic amines is 1.